The van der Waals surface area contributed by atoms with Gasteiger partial charge in [-0.25, -0.2) is 21.6 Å². The van der Waals surface area contributed by atoms with Crippen LogP contribution in [-0.4, -0.2) is 40.0 Å². The van der Waals surface area contributed by atoms with Crippen molar-refractivity contribution in [2.75, 3.05) is 0 Å². The lowest BCUT2D eigenvalue weighted by Gasteiger charge is -2.18. The molecule has 1 aromatic rings. The SMILES string of the molecule is CC(C)[C@@H](NS(=O)(=O)c1cccc(S(=O)(=O)NC2CC2)c1)C(=O)O. The molecule has 134 valence electrons. The molecule has 10 heteroatoms. The molecule has 0 radical (unpaired) electrons. The van der Waals surface area contributed by atoms with Gasteiger partial charge in [-0.3, -0.25) is 4.79 Å². The van der Waals surface area contributed by atoms with Gasteiger partial charge in [-0.2, -0.15) is 4.72 Å². The van der Waals surface area contributed by atoms with Crippen LogP contribution in [0.1, 0.15) is 26.7 Å². The van der Waals surface area contributed by atoms with Crippen LogP contribution in [0.4, 0.5) is 0 Å². The Morgan fingerprint density at radius 2 is 1.67 bits per heavy atom. The average molecular weight is 376 g/mol. The molecule has 2 rings (SSSR count). The molecule has 0 heterocycles. The van der Waals surface area contributed by atoms with Gasteiger partial charge in [-0.15, -0.1) is 0 Å². The topological polar surface area (TPSA) is 130 Å². The molecule has 0 unspecified atom stereocenters. The molecule has 1 fully saturated rings. The highest BCUT2D eigenvalue weighted by atomic mass is 32.2. The number of benzene rings is 1. The third-order valence-corrected chi connectivity index (χ3v) is 6.50. The molecule has 1 saturated carbocycles. The molecule has 0 saturated heterocycles. The Bertz CT molecular complexity index is 829. The Labute approximate surface area is 141 Å². The van der Waals surface area contributed by atoms with E-state index in [1.807, 2.05) is 0 Å². The normalized spacial score (nSPS) is 17.0. The van der Waals surface area contributed by atoms with E-state index in [1.165, 1.54) is 18.2 Å². The zero-order valence-corrected chi connectivity index (χ0v) is 14.9. The Balaban J connectivity index is 2.31. The molecule has 0 aromatic heterocycles. The summed E-state index contributed by atoms with van der Waals surface area (Å²) >= 11 is 0. The van der Waals surface area contributed by atoms with Gasteiger partial charge in [0.1, 0.15) is 6.04 Å². The van der Waals surface area contributed by atoms with Crippen molar-refractivity contribution < 1.29 is 26.7 Å². The maximum absolute atomic E-state index is 12.4. The predicted octanol–water partition coefficient (Wildman–Crippen LogP) is 0.515. The average Bonchev–Trinajstić information content (AvgIpc) is 3.27. The van der Waals surface area contributed by atoms with E-state index in [0.717, 1.165) is 18.9 Å². The van der Waals surface area contributed by atoms with Crippen molar-refractivity contribution in [2.45, 2.75) is 48.6 Å². The molecule has 3 N–H and O–H groups in total. The summed E-state index contributed by atoms with van der Waals surface area (Å²) in [7, 11) is -7.97. The highest BCUT2D eigenvalue weighted by Gasteiger charge is 2.30. The molecule has 1 aliphatic carbocycles. The van der Waals surface area contributed by atoms with Gasteiger partial charge in [-0.05, 0) is 37.0 Å². The maximum atomic E-state index is 12.4. The molecule has 0 spiro atoms. The number of hydrogen-bond acceptors (Lipinski definition) is 5. The van der Waals surface area contributed by atoms with Gasteiger partial charge < -0.3 is 5.11 Å². The first-order valence-electron chi connectivity index (χ1n) is 7.40. The van der Waals surface area contributed by atoms with Gasteiger partial charge in [-0.1, -0.05) is 19.9 Å². The Morgan fingerprint density at radius 3 is 2.12 bits per heavy atom. The summed E-state index contributed by atoms with van der Waals surface area (Å²) in [4.78, 5) is 10.7. The first kappa shape index (κ1) is 18.8. The van der Waals surface area contributed by atoms with E-state index in [4.69, 9.17) is 5.11 Å². The van der Waals surface area contributed by atoms with Crippen LogP contribution in [0.25, 0.3) is 0 Å². The minimum atomic E-state index is -4.17. The van der Waals surface area contributed by atoms with E-state index in [1.54, 1.807) is 13.8 Å². The van der Waals surface area contributed by atoms with Crippen molar-refractivity contribution in [3.05, 3.63) is 24.3 Å². The molecular weight excluding hydrogens is 356 g/mol. The van der Waals surface area contributed by atoms with E-state index in [9.17, 15) is 21.6 Å². The molecule has 1 atom stereocenters. The number of carboxylic acids is 1. The van der Waals surface area contributed by atoms with Gasteiger partial charge in [0, 0.05) is 6.04 Å². The molecule has 1 aliphatic rings. The zero-order chi connectivity index (χ0) is 18.1. The number of sulfonamides is 2. The van der Waals surface area contributed by atoms with Crippen LogP contribution >= 0.6 is 0 Å². The molecule has 1 aromatic carbocycles. The molecule has 0 aliphatic heterocycles. The minimum absolute atomic E-state index is 0.106. The Morgan fingerprint density at radius 1 is 1.12 bits per heavy atom. The number of aliphatic carboxylic acids is 1. The fourth-order valence-corrected chi connectivity index (χ4v) is 4.81. The second-order valence-corrected chi connectivity index (χ2v) is 9.48. The number of hydrogen-bond donors (Lipinski definition) is 3. The van der Waals surface area contributed by atoms with Crippen LogP contribution < -0.4 is 9.44 Å². The van der Waals surface area contributed by atoms with E-state index in [0.29, 0.717) is 0 Å². The summed E-state index contributed by atoms with van der Waals surface area (Å²) in [6.45, 7) is 3.14. The van der Waals surface area contributed by atoms with Crippen molar-refractivity contribution in [1.82, 2.24) is 9.44 Å². The van der Waals surface area contributed by atoms with Crippen LogP contribution in [0.15, 0.2) is 34.1 Å². The van der Waals surface area contributed by atoms with Crippen molar-refractivity contribution in [2.24, 2.45) is 5.92 Å². The van der Waals surface area contributed by atoms with Crippen LogP contribution in [0.2, 0.25) is 0 Å². The molecule has 0 bridgehead atoms. The highest BCUT2D eigenvalue weighted by Crippen LogP contribution is 2.23. The maximum Gasteiger partial charge on any atom is 0.322 e. The van der Waals surface area contributed by atoms with Crippen LogP contribution in [0.3, 0.4) is 0 Å². The van der Waals surface area contributed by atoms with Crippen molar-refractivity contribution in [3.8, 4) is 0 Å². The van der Waals surface area contributed by atoms with Gasteiger partial charge >= 0.3 is 5.97 Å². The lowest BCUT2D eigenvalue weighted by atomic mass is 10.1. The molecule has 8 nitrogen and oxygen atoms in total. The third-order valence-electron chi connectivity index (χ3n) is 3.54. The smallest absolute Gasteiger partial charge is 0.322 e. The number of rotatable bonds is 8. The lowest BCUT2D eigenvalue weighted by molar-refractivity contribution is -0.140. The second-order valence-electron chi connectivity index (χ2n) is 6.05. The van der Waals surface area contributed by atoms with Crippen molar-refractivity contribution in [3.63, 3.8) is 0 Å². The summed E-state index contributed by atoms with van der Waals surface area (Å²) in [5.41, 5.74) is 0. The molecule has 24 heavy (non-hydrogen) atoms. The van der Waals surface area contributed by atoms with E-state index in [2.05, 4.69) is 9.44 Å². The predicted molar refractivity (Wildman–Crippen MR) is 86.4 cm³/mol. The summed E-state index contributed by atoms with van der Waals surface area (Å²) in [5.74, 6) is -1.77. The largest absolute Gasteiger partial charge is 0.480 e. The summed E-state index contributed by atoms with van der Waals surface area (Å²) in [6, 6.07) is 3.43. The molecular formula is C14H20N2O6S2. The van der Waals surface area contributed by atoms with Crippen LogP contribution in [0, 0.1) is 5.92 Å². The summed E-state index contributed by atoms with van der Waals surface area (Å²) in [5, 5.41) is 9.11. The van der Waals surface area contributed by atoms with Crippen molar-refractivity contribution in [1.29, 1.82) is 0 Å². The Hall–Kier alpha value is -1.49. The van der Waals surface area contributed by atoms with E-state index in [-0.39, 0.29) is 15.8 Å². The first-order chi connectivity index (χ1) is 11.0. The van der Waals surface area contributed by atoms with E-state index < -0.39 is 38.0 Å². The van der Waals surface area contributed by atoms with E-state index >= 15 is 0 Å². The van der Waals surface area contributed by atoms with Crippen LogP contribution in [-0.2, 0) is 24.8 Å². The van der Waals surface area contributed by atoms with Crippen molar-refractivity contribution >= 4 is 26.0 Å². The summed E-state index contributed by atoms with van der Waals surface area (Å²) in [6.07, 6.45) is 1.51. The fraction of sp³-hybridized carbons (Fsp3) is 0.500. The standard InChI is InChI=1S/C14H20N2O6S2/c1-9(2)13(14(17)18)16-24(21,22)12-5-3-4-11(8-12)23(19,20)15-10-6-7-10/h3-5,8-10,13,15-16H,6-7H2,1-2H3,(H,17,18)/t13-/m1/s1. The third kappa shape index (κ3) is 4.53. The monoisotopic (exact) mass is 376 g/mol. The minimum Gasteiger partial charge on any atom is -0.480 e. The van der Waals surface area contributed by atoms with Crippen LogP contribution in [0.5, 0.6) is 0 Å². The van der Waals surface area contributed by atoms with Gasteiger partial charge in [0.25, 0.3) is 0 Å². The highest BCUT2D eigenvalue weighted by molar-refractivity contribution is 7.90. The first-order valence-corrected chi connectivity index (χ1v) is 10.4. The fourth-order valence-electron chi connectivity index (χ4n) is 2.00. The van der Waals surface area contributed by atoms with Gasteiger partial charge in [0.2, 0.25) is 20.0 Å². The summed E-state index contributed by atoms with van der Waals surface area (Å²) < 4.78 is 53.7. The Kier molecular flexibility index (Phi) is 5.33. The number of nitrogens with one attached hydrogen (secondary N) is 2. The molecule has 0 amide bonds. The quantitative estimate of drug-likeness (QED) is 0.606. The number of carboxylic acid groups (broad SMARTS) is 1. The van der Waals surface area contributed by atoms with Gasteiger partial charge in [0.05, 0.1) is 9.79 Å². The lowest BCUT2D eigenvalue weighted by Crippen LogP contribution is -2.44. The zero-order valence-electron chi connectivity index (χ0n) is 13.3. The number of carbonyl (C=O) groups is 1. The van der Waals surface area contributed by atoms with Gasteiger partial charge in [0.15, 0.2) is 0 Å². The second kappa shape index (κ2) is 6.79.